The van der Waals surface area contributed by atoms with Gasteiger partial charge in [-0.1, -0.05) is 35.3 Å². The van der Waals surface area contributed by atoms with Crippen LogP contribution in [0.15, 0.2) is 42.5 Å². The molecule has 1 aliphatic rings. The minimum absolute atomic E-state index is 0.0622. The zero-order valence-electron chi connectivity index (χ0n) is 13.6. The minimum Gasteiger partial charge on any atom is -0.336 e. The van der Waals surface area contributed by atoms with E-state index in [0.717, 1.165) is 25.2 Å². The Morgan fingerprint density at radius 1 is 1.08 bits per heavy atom. The summed E-state index contributed by atoms with van der Waals surface area (Å²) in [5, 5.41) is 9.89. The van der Waals surface area contributed by atoms with Crippen molar-refractivity contribution >= 4 is 29.1 Å². The summed E-state index contributed by atoms with van der Waals surface area (Å²) in [6.45, 7) is 3.65. The standard InChI is InChI=1S/C19H17Cl2N3O/c20-16-4-5-17(18(21)11-16)19(25)24-8-6-23(7-9-24)13-15-3-1-2-14(10-15)12-22/h1-5,10-11H,6-9,13H2. The van der Waals surface area contributed by atoms with Crippen molar-refractivity contribution in [3.8, 4) is 6.07 Å². The highest BCUT2D eigenvalue weighted by Crippen LogP contribution is 2.23. The number of halogens is 2. The number of nitriles is 1. The van der Waals surface area contributed by atoms with Crippen molar-refractivity contribution in [1.29, 1.82) is 5.26 Å². The summed E-state index contributed by atoms with van der Waals surface area (Å²) >= 11 is 12.0. The van der Waals surface area contributed by atoms with Gasteiger partial charge in [-0.25, -0.2) is 0 Å². The van der Waals surface area contributed by atoms with E-state index in [9.17, 15) is 4.79 Å². The third kappa shape index (κ3) is 4.32. The molecule has 128 valence electrons. The third-order valence-corrected chi connectivity index (χ3v) is 4.83. The molecule has 1 aliphatic heterocycles. The van der Waals surface area contributed by atoms with Gasteiger partial charge in [0.1, 0.15) is 0 Å². The normalized spacial score (nSPS) is 15.0. The van der Waals surface area contributed by atoms with Gasteiger partial charge in [0.2, 0.25) is 0 Å². The van der Waals surface area contributed by atoms with Crippen molar-refractivity contribution in [2.24, 2.45) is 0 Å². The average molecular weight is 374 g/mol. The molecule has 2 aromatic carbocycles. The highest BCUT2D eigenvalue weighted by molar-refractivity contribution is 6.36. The Balaban J connectivity index is 1.59. The van der Waals surface area contributed by atoms with E-state index in [1.165, 1.54) is 0 Å². The van der Waals surface area contributed by atoms with E-state index in [0.29, 0.717) is 34.3 Å². The highest BCUT2D eigenvalue weighted by atomic mass is 35.5. The molecule has 1 fully saturated rings. The maximum atomic E-state index is 12.6. The van der Waals surface area contributed by atoms with Crippen LogP contribution in [-0.4, -0.2) is 41.9 Å². The molecule has 0 bridgehead atoms. The summed E-state index contributed by atoms with van der Waals surface area (Å²) in [5.41, 5.74) is 2.27. The van der Waals surface area contributed by atoms with Gasteiger partial charge >= 0.3 is 0 Å². The number of hydrogen-bond donors (Lipinski definition) is 0. The van der Waals surface area contributed by atoms with E-state index in [1.54, 1.807) is 24.3 Å². The second-order valence-electron chi connectivity index (χ2n) is 6.00. The van der Waals surface area contributed by atoms with E-state index in [1.807, 2.05) is 23.1 Å². The van der Waals surface area contributed by atoms with Gasteiger partial charge in [0, 0.05) is 37.7 Å². The molecular weight excluding hydrogens is 357 g/mol. The minimum atomic E-state index is -0.0622. The van der Waals surface area contributed by atoms with Crippen LogP contribution in [0, 0.1) is 11.3 Å². The lowest BCUT2D eigenvalue weighted by Gasteiger charge is -2.35. The van der Waals surface area contributed by atoms with Crippen LogP contribution in [0.3, 0.4) is 0 Å². The SMILES string of the molecule is N#Cc1cccc(CN2CCN(C(=O)c3ccc(Cl)cc3Cl)CC2)c1. The lowest BCUT2D eigenvalue weighted by Crippen LogP contribution is -2.48. The van der Waals surface area contributed by atoms with Crippen molar-refractivity contribution in [3.05, 3.63) is 69.2 Å². The number of rotatable bonds is 3. The predicted molar refractivity (Wildman–Crippen MR) is 98.8 cm³/mol. The summed E-state index contributed by atoms with van der Waals surface area (Å²) in [6.07, 6.45) is 0. The van der Waals surface area contributed by atoms with Crippen LogP contribution in [0.1, 0.15) is 21.5 Å². The van der Waals surface area contributed by atoms with Crippen LogP contribution in [0.4, 0.5) is 0 Å². The predicted octanol–water partition coefficient (Wildman–Crippen LogP) is 3.82. The van der Waals surface area contributed by atoms with E-state index in [4.69, 9.17) is 28.5 Å². The smallest absolute Gasteiger partial charge is 0.255 e. The zero-order valence-corrected chi connectivity index (χ0v) is 15.1. The van der Waals surface area contributed by atoms with Crippen LogP contribution in [0.2, 0.25) is 10.0 Å². The van der Waals surface area contributed by atoms with Gasteiger partial charge in [-0.15, -0.1) is 0 Å². The first kappa shape index (κ1) is 17.8. The molecule has 0 unspecified atom stereocenters. The monoisotopic (exact) mass is 373 g/mol. The Morgan fingerprint density at radius 2 is 1.84 bits per heavy atom. The lowest BCUT2D eigenvalue weighted by molar-refractivity contribution is 0.0628. The summed E-state index contributed by atoms with van der Waals surface area (Å²) in [7, 11) is 0. The third-order valence-electron chi connectivity index (χ3n) is 4.28. The van der Waals surface area contributed by atoms with E-state index in [2.05, 4.69) is 11.0 Å². The molecule has 0 radical (unpaired) electrons. The molecular formula is C19H17Cl2N3O. The topological polar surface area (TPSA) is 47.3 Å². The first-order chi connectivity index (χ1) is 12.1. The number of carbonyl (C=O) groups is 1. The van der Waals surface area contributed by atoms with Crippen LogP contribution in [0.5, 0.6) is 0 Å². The maximum Gasteiger partial charge on any atom is 0.255 e. The summed E-state index contributed by atoms with van der Waals surface area (Å²) in [5.74, 6) is -0.0622. The molecule has 0 spiro atoms. The zero-order chi connectivity index (χ0) is 17.8. The number of nitrogens with zero attached hydrogens (tertiary/aromatic N) is 3. The molecule has 0 saturated carbocycles. The van der Waals surface area contributed by atoms with Gasteiger partial charge in [-0.05, 0) is 35.9 Å². The molecule has 1 amide bonds. The lowest BCUT2D eigenvalue weighted by atomic mass is 10.1. The second-order valence-corrected chi connectivity index (χ2v) is 6.85. The number of amides is 1. The molecule has 1 heterocycles. The van der Waals surface area contributed by atoms with Gasteiger partial charge < -0.3 is 4.90 Å². The molecule has 25 heavy (non-hydrogen) atoms. The number of benzene rings is 2. The molecule has 6 heteroatoms. The fourth-order valence-corrected chi connectivity index (χ4v) is 3.43. The van der Waals surface area contributed by atoms with Crippen LogP contribution < -0.4 is 0 Å². The van der Waals surface area contributed by atoms with E-state index >= 15 is 0 Å². The van der Waals surface area contributed by atoms with Gasteiger partial charge in [-0.3, -0.25) is 9.69 Å². The average Bonchev–Trinajstić information content (AvgIpc) is 2.62. The van der Waals surface area contributed by atoms with Gasteiger partial charge in [-0.2, -0.15) is 5.26 Å². The Bertz CT molecular complexity index is 824. The summed E-state index contributed by atoms with van der Waals surface area (Å²) in [4.78, 5) is 16.7. The Hall–Kier alpha value is -2.06. The molecule has 0 atom stereocenters. The van der Waals surface area contributed by atoms with Crippen LogP contribution >= 0.6 is 23.2 Å². The van der Waals surface area contributed by atoms with Crippen LogP contribution in [-0.2, 0) is 6.54 Å². The van der Waals surface area contributed by atoms with E-state index < -0.39 is 0 Å². The van der Waals surface area contributed by atoms with Crippen molar-refractivity contribution < 1.29 is 4.79 Å². The number of piperazine rings is 1. The van der Waals surface area contributed by atoms with Crippen molar-refractivity contribution in [2.75, 3.05) is 26.2 Å². The Labute approximate surface area is 157 Å². The van der Waals surface area contributed by atoms with Gasteiger partial charge in [0.15, 0.2) is 0 Å². The first-order valence-corrected chi connectivity index (χ1v) is 8.78. The molecule has 0 N–H and O–H groups in total. The van der Waals surface area contributed by atoms with Crippen molar-refractivity contribution in [3.63, 3.8) is 0 Å². The Kier molecular flexibility index (Phi) is 5.60. The summed E-state index contributed by atoms with van der Waals surface area (Å²) < 4.78 is 0. The molecule has 0 aliphatic carbocycles. The molecule has 0 aromatic heterocycles. The number of carbonyl (C=O) groups excluding carboxylic acids is 1. The number of hydrogen-bond acceptors (Lipinski definition) is 3. The second kappa shape index (κ2) is 7.88. The van der Waals surface area contributed by atoms with Gasteiger partial charge in [0.05, 0.1) is 22.2 Å². The van der Waals surface area contributed by atoms with Crippen LogP contribution in [0.25, 0.3) is 0 Å². The largest absolute Gasteiger partial charge is 0.336 e. The molecule has 4 nitrogen and oxygen atoms in total. The quantitative estimate of drug-likeness (QED) is 0.821. The first-order valence-electron chi connectivity index (χ1n) is 8.02. The maximum absolute atomic E-state index is 12.6. The Morgan fingerprint density at radius 3 is 2.52 bits per heavy atom. The molecule has 2 aromatic rings. The summed E-state index contributed by atoms with van der Waals surface area (Å²) in [6, 6.07) is 14.7. The fraction of sp³-hybridized carbons (Fsp3) is 0.263. The van der Waals surface area contributed by atoms with E-state index in [-0.39, 0.29) is 5.91 Å². The molecule has 3 rings (SSSR count). The fourth-order valence-electron chi connectivity index (χ4n) is 2.94. The van der Waals surface area contributed by atoms with Crippen molar-refractivity contribution in [1.82, 2.24) is 9.80 Å². The van der Waals surface area contributed by atoms with Crippen molar-refractivity contribution in [2.45, 2.75) is 6.54 Å². The highest BCUT2D eigenvalue weighted by Gasteiger charge is 2.23. The molecule has 1 saturated heterocycles. The van der Waals surface area contributed by atoms with Gasteiger partial charge in [0.25, 0.3) is 5.91 Å².